The van der Waals surface area contributed by atoms with Gasteiger partial charge in [0.05, 0.1) is 0 Å². The smallest absolute Gasteiger partial charge is 0.00258 e. The molecule has 3 aliphatic carbocycles. The minimum absolute atomic E-state index is 0.229. The SMILES string of the molecule is CC(C)(C)C1CCC(CC2CCC(C(C)(C)C)CC2)CC1.CC(C)(C)CC1(C)CC(C(C)(C)C)CC(C)(C)C1.CC(C)(C)CCCCCCC(C)(C)C.CC(C)(C)c1ccc(C(C)(C)C)cc1.CC(C)(C)c1ccc(Cc2ccc(C(C)(C)C)cc2)cc1.Cc1c(C(C)(C)C)cccc1C(C)(C)C.Cc1ccc(C(C)(C)C)cc1C(C)(C)C. The second-order valence-electron chi connectivity index (χ2n) is 55.0. The molecule has 5 aromatic carbocycles. The average molecular weight is 1620 g/mol. The van der Waals surface area contributed by atoms with Crippen molar-refractivity contribution in [3.63, 3.8) is 0 Å². The minimum atomic E-state index is 0.229. The normalized spacial score (nSPS) is 20.1. The number of benzene rings is 5. The van der Waals surface area contributed by atoms with Crippen molar-refractivity contribution >= 4 is 0 Å². The summed E-state index contributed by atoms with van der Waals surface area (Å²) in [5.74, 6) is 4.93. The number of unbranched alkanes of at least 4 members (excludes halogenated alkanes) is 3. The Hall–Kier alpha value is -3.90. The van der Waals surface area contributed by atoms with Crippen LogP contribution in [0, 0.1) is 86.8 Å². The van der Waals surface area contributed by atoms with Crippen molar-refractivity contribution < 1.29 is 0 Å². The molecule has 3 saturated carbocycles. The Labute approximate surface area is 741 Å². The fourth-order valence-corrected chi connectivity index (χ4v) is 19.4. The lowest BCUT2D eigenvalue weighted by atomic mass is 9.53. The molecule has 3 fully saturated rings. The summed E-state index contributed by atoms with van der Waals surface area (Å²) in [4.78, 5) is 0. The highest BCUT2D eigenvalue weighted by molar-refractivity contribution is 5.42. The summed E-state index contributed by atoms with van der Waals surface area (Å²) in [6.45, 7) is 109. The van der Waals surface area contributed by atoms with Crippen molar-refractivity contribution in [1.82, 2.24) is 0 Å². The van der Waals surface area contributed by atoms with Gasteiger partial charge in [-0.3, -0.25) is 0 Å². The van der Waals surface area contributed by atoms with Crippen LogP contribution in [0.15, 0.2) is 109 Å². The van der Waals surface area contributed by atoms with Crippen molar-refractivity contribution in [3.8, 4) is 0 Å². The topological polar surface area (TPSA) is 0 Å². The third kappa shape index (κ3) is 42.7. The molecule has 0 nitrogen and oxygen atoms in total. The van der Waals surface area contributed by atoms with Crippen LogP contribution in [-0.4, -0.2) is 0 Å². The van der Waals surface area contributed by atoms with E-state index in [1.807, 2.05) is 0 Å². The monoisotopic (exact) mass is 1620 g/mol. The molecule has 2 unspecified atom stereocenters. The highest BCUT2D eigenvalue weighted by atomic mass is 14.5. The van der Waals surface area contributed by atoms with Crippen LogP contribution in [0.25, 0.3) is 0 Å². The highest BCUT2D eigenvalue weighted by Crippen LogP contribution is 2.57. The van der Waals surface area contributed by atoms with Gasteiger partial charge in [0, 0.05) is 0 Å². The van der Waals surface area contributed by atoms with Gasteiger partial charge < -0.3 is 0 Å². The zero-order chi connectivity index (χ0) is 91.7. The summed E-state index contributed by atoms with van der Waals surface area (Å²) < 4.78 is 0. The van der Waals surface area contributed by atoms with E-state index in [9.17, 15) is 0 Å². The molecule has 0 heterocycles. The van der Waals surface area contributed by atoms with Crippen molar-refractivity contribution in [2.24, 2.45) is 72.9 Å². The predicted molar refractivity (Wildman–Crippen MR) is 538 cm³/mol. The van der Waals surface area contributed by atoms with E-state index in [4.69, 9.17) is 0 Å². The van der Waals surface area contributed by atoms with Crippen LogP contribution in [0.1, 0.15) is 500 Å². The van der Waals surface area contributed by atoms with Crippen molar-refractivity contribution in [2.45, 2.75) is 497 Å². The van der Waals surface area contributed by atoms with Gasteiger partial charge in [-0.15, -0.1) is 0 Å². The van der Waals surface area contributed by atoms with Crippen molar-refractivity contribution in [2.75, 3.05) is 0 Å². The molecular formula is C118H204. The fourth-order valence-electron chi connectivity index (χ4n) is 19.4. The highest BCUT2D eigenvalue weighted by Gasteiger charge is 2.46. The van der Waals surface area contributed by atoms with Gasteiger partial charge >= 0.3 is 0 Å². The first-order valence-electron chi connectivity index (χ1n) is 48.2. The number of aryl methyl sites for hydroxylation is 1. The van der Waals surface area contributed by atoms with Gasteiger partial charge in [0.2, 0.25) is 0 Å². The molecule has 0 N–H and O–H groups in total. The van der Waals surface area contributed by atoms with Gasteiger partial charge in [-0.25, -0.2) is 0 Å². The fraction of sp³-hybridized carbons (Fsp3) is 0.746. The molecule has 8 rings (SSSR count). The van der Waals surface area contributed by atoms with Crippen LogP contribution in [0.5, 0.6) is 0 Å². The Kier molecular flexibility index (Phi) is 40.5. The zero-order valence-corrected chi connectivity index (χ0v) is 88.4. The van der Waals surface area contributed by atoms with Crippen LogP contribution >= 0.6 is 0 Å². The van der Waals surface area contributed by atoms with Gasteiger partial charge in [-0.1, -0.05) is 472 Å². The van der Waals surface area contributed by atoms with Crippen LogP contribution < -0.4 is 0 Å². The zero-order valence-electron chi connectivity index (χ0n) is 88.4. The molecule has 5 aromatic rings. The Bertz CT molecular complexity index is 3420. The average Bonchev–Trinajstić information content (AvgIpc) is 0.785. The first kappa shape index (κ1) is 110. The maximum atomic E-state index is 2.54. The lowest BCUT2D eigenvalue weighted by Gasteiger charge is -2.52. The third-order valence-corrected chi connectivity index (χ3v) is 26.6. The summed E-state index contributed by atoms with van der Waals surface area (Å²) in [7, 11) is 0. The standard InChI is InChI=1S/C21H40.C21H28.C18H36.2C15H24.C14H22.C14H30/c2*1-20(2,3)18-11-7-16(8-12-18)15-17-9-13-19(14-10-17)21(4,5)6;1-15(2,3)12-18(9)11-14(16(4,5)6)10-17(7,8)13-18;1-11-8-9-12(14(2,3)4)10-13(11)15(5,6)7;1-11-12(14(2,3)4)9-8-10-13(11)15(5,6)7;1-13(2,3)11-7-9-12(10-8-11)14(4,5)6;1-13(2,3)11-9-7-8-10-12-14(4,5)6/h16-19H,7-15H2,1-6H3;7-14H,15H2,1-6H3;14H,10-13H2,1-9H3;2*8-10H,1-7H3;7-10H,1-6H3;7-12H2,1-6H3. The summed E-state index contributed by atoms with van der Waals surface area (Å²) in [5, 5.41) is 0. The molecule has 0 heteroatoms. The first-order valence-corrected chi connectivity index (χ1v) is 48.2. The molecule has 0 radical (unpaired) electrons. The second kappa shape index (κ2) is 43.3. The first-order chi connectivity index (χ1) is 52.7. The van der Waals surface area contributed by atoms with E-state index in [2.05, 4.69) is 435 Å². The van der Waals surface area contributed by atoms with E-state index < -0.39 is 0 Å². The van der Waals surface area contributed by atoms with Crippen LogP contribution in [0.4, 0.5) is 0 Å². The molecule has 676 valence electrons. The molecule has 0 saturated heterocycles. The van der Waals surface area contributed by atoms with E-state index in [1.165, 1.54) is 182 Å². The number of hydrogen-bond acceptors (Lipinski definition) is 0. The second-order valence-corrected chi connectivity index (χ2v) is 55.0. The van der Waals surface area contributed by atoms with Gasteiger partial charge in [0.15, 0.2) is 0 Å². The van der Waals surface area contributed by atoms with Crippen LogP contribution in [0.2, 0.25) is 0 Å². The molecule has 0 spiro atoms. The lowest BCUT2D eigenvalue weighted by molar-refractivity contribution is -0.0146. The van der Waals surface area contributed by atoms with Crippen LogP contribution in [0.3, 0.4) is 0 Å². The van der Waals surface area contributed by atoms with Crippen molar-refractivity contribution in [1.29, 1.82) is 0 Å². The quantitative estimate of drug-likeness (QED) is 0.122. The largest absolute Gasteiger partial charge is 0.0617 e. The minimum Gasteiger partial charge on any atom is -0.0617 e. The molecule has 118 heavy (non-hydrogen) atoms. The molecular weight excluding hydrogens is 1420 g/mol. The summed E-state index contributed by atoms with van der Waals surface area (Å²) in [6.07, 6.45) is 28.6. The number of hydrogen-bond donors (Lipinski definition) is 0. The van der Waals surface area contributed by atoms with Crippen LogP contribution in [-0.2, 0) is 49.7 Å². The molecule has 2 atom stereocenters. The van der Waals surface area contributed by atoms with E-state index in [0.29, 0.717) is 43.3 Å². The van der Waals surface area contributed by atoms with E-state index in [-0.39, 0.29) is 43.3 Å². The van der Waals surface area contributed by atoms with E-state index in [0.717, 1.165) is 36.0 Å². The van der Waals surface area contributed by atoms with Gasteiger partial charge in [-0.05, 0) is 274 Å². The third-order valence-electron chi connectivity index (χ3n) is 26.6. The maximum Gasteiger partial charge on any atom is -0.00258 e. The summed E-state index contributed by atoms with van der Waals surface area (Å²) >= 11 is 0. The Morgan fingerprint density at radius 3 is 0.839 bits per heavy atom. The Balaban J connectivity index is 0.000000470. The Morgan fingerprint density at radius 2 is 0.576 bits per heavy atom. The molecule has 0 amide bonds. The van der Waals surface area contributed by atoms with Crippen molar-refractivity contribution in [3.05, 3.63) is 176 Å². The molecule has 0 aromatic heterocycles. The number of rotatable bonds is 10. The summed E-state index contributed by atoms with van der Waals surface area (Å²) in [6, 6.07) is 40.7. The van der Waals surface area contributed by atoms with Gasteiger partial charge in [-0.2, -0.15) is 0 Å². The molecule has 0 bridgehead atoms. The van der Waals surface area contributed by atoms with E-state index in [1.54, 1.807) is 6.42 Å². The van der Waals surface area contributed by atoms with E-state index >= 15 is 0 Å². The Morgan fingerprint density at radius 1 is 0.288 bits per heavy atom. The predicted octanol–water partition coefficient (Wildman–Crippen LogP) is 38.1. The summed E-state index contributed by atoms with van der Waals surface area (Å²) in [5.41, 5.74) is 23.1. The van der Waals surface area contributed by atoms with Gasteiger partial charge in [0.1, 0.15) is 0 Å². The maximum absolute atomic E-state index is 2.54. The molecule has 0 aliphatic heterocycles. The lowest BCUT2D eigenvalue weighted by Crippen LogP contribution is -2.41. The molecule has 3 aliphatic rings. The van der Waals surface area contributed by atoms with Gasteiger partial charge in [0.25, 0.3) is 0 Å².